The molecule has 0 atom stereocenters. The van der Waals surface area contributed by atoms with Crippen LogP contribution in [0.2, 0.25) is 0 Å². The van der Waals surface area contributed by atoms with Crippen molar-refractivity contribution in [2.45, 2.75) is 18.4 Å². The number of rotatable bonds is 5. The van der Waals surface area contributed by atoms with E-state index in [1.54, 1.807) is 36.4 Å². The van der Waals surface area contributed by atoms with Crippen molar-refractivity contribution < 1.29 is 13.2 Å². The van der Waals surface area contributed by atoms with Crippen molar-refractivity contribution in [2.75, 3.05) is 14.1 Å². The SMILES string of the molecule is Cc1ccc(C(=O)NCc2ccc(S(=O)(=O)N(C)C)cc2)cc1. The van der Waals surface area contributed by atoms with Crippen molar-refractivity contribution in [3.05, 3.63) is 65.2 Å². The number of hydrogen-bond acceptors (Lipinski definition) is 3. The molecule has 0 aliphatic heterocycles. The third-order valence-corrected chi connectivity index (χ3v) is 5.30. The minimum Gasteiger partial charge on any atom is -0.348 e. The summed E-state index contributed by atoms with van der Waals surface area (Å²) >= 11 is 0. The van der Waals surface area contributed by atoms with E-state index in [1.165, 1.54) is 18.4 Å². The highest BCUT2D eigenvalue weighted by Crippen LogP contribution is 2.14. The lowest BCUT2D eigenvalue weighted by atomic mass is 10.1. The van der Waals surface area contributed by atoms with Crippen LogP contribution in [0.4, 0.5) is 0 Å². The Labute approximate surface area is 137 Å². The third-order valence-electron chi connectivity index (χ3n) is 3.47. The van der Waals surface area contributed by atoms with Gasteiger partial charge in [-0.05, 0) is 36.8 Å². The highest BCUT2D eigenvalue weighted by atomic mass is 32.2. The first kappa shape index (κ1) is 17.2. The van der Waals surface area contributed by atoms with Gasteiger partial charge >= 0.3 is 0 Å². The lowest BCUT2D eigenvalue weighted by Gasteiger charge is -2.12. The first-order chi connectivity index (χ1) is 10.8. The van der Waals surface area contributed by atoms with Gasteiger partial charge in [-0.3, -0.25) is 4.79 Å². The van der Waals surface area contributed by atoms with Gasteiger partial charge in [0.15, 0.2) is 0 Å². The maximum absolute atomic E-state index is 12.0. The van der Waals surface area contributed by atoms with Crippen LogP contribution in [-0.4, -0.2) is 32.7 Å². The zero-order valence-corrected chi connectivity index (χ0v) is 14.2. The van der Waals surface area contributed by atoms with Crippen LogP contribution in [0.15, 0.2) is 53.4 Å². The molecule has 1 N–H and O–H groups in total. The van der Waals surface area contributed by atoms with E-state index in [4.69, 9.17) is 0 Å². The van der Waals surface area contributed by atoms with Crippen molar-refractivity contribution in [3.63, 3.8) is 0 Å². The molecule has 1 amide bonds. The summed E-state index contributed by atoms with van der Waals surface area (Å²) in [5, 5.41) is 2.82. The van der Waals surface area contributed by atoms with Gasteiger partial charge in [0.05, 0.1) is 4.90 Å². The summed E-state index contributed by atoms with van der Waals surface area (Å²) in [6.07, 6.45) is 0. The molecule has 0 fully saturated rings. The van der Waals surface area contributed by atoms with Crippen LogP contribution < -0.4 is 5.32 Å². The fourth-order valence-electron chi connectivity index (χ4n) is 1.98. The second kappa shape index (κ2) is 6.93. The predicted molar refractivity (Wildman–Crippen MR) is 89.7 cm³/mol. The van der Waals surface area contributed by atoms with Gasteiger partial charge in [-0.25, -0.2) is 12.7 Å². The molecule has 0 unspecified atom stereocenters. The van der Waals surface area contributed by atoms with Crippen molar-refractivity contribution in [3.8, 4) is 0 Å². The van der Waals surface area contributed by atoms with E-state index in [2.05, 4.69) is 5.32 Å². The summed E-state index contributed by atoms with van der Waals surface area (Å²) < 4.78 is 25.1. The quantitative estimate of drug-likeness (QED) is 0.912. The van der Waals surface area contributed by atoms with Crippen LogP contribution in [0.25, 0.3) is 0 Å². The molecule has 23 heavy (non-hydrogen) atoms. The first-order valence-electron chi connectivity index (χ1n) is 7.17. The fraction of sp³-hybridized carbons (Fsp3) is 0.235. The molecule has 2 rings (SSSR count). The van der Waals surface area contributed by atoms with Gasteiger partial charge in [0, 0.05) is 26.2 Å². The Hall–Kier alpha value is -2.18. The van der Waals surface area contributed by atoms with Gasteiger partial charge in [0.2, 0.25) is 10.0 Å². The molecule has 0 spiro atoms. The Kier molecular flexibility index (Phi) is 5.18. The number of hydrogen-bond donors (Lipinski definition) is 1. The first-order valence-corrected chi connectivity index (χ1v) is 8.61. The normalized spacial score (nSPS) is 11.5. The van der Waals surface area contributed by atoms with Crippen LogP contribution in [-0.2, 0) is 16.6 Å². The number of carbonyl (C=O) groups is 1. The highest BCUT2D eigenvalue weighted by Gasteiger charge is 2.16. The molecule has 0 saturated heterocycles. The summed E-state index contributed by atoms with van der Waals surface area (Å²) in [4.78, 5) is 12.3. The summed E-state index contributed by atoms with van der Waals surface area (Å²) in [6.45, 7) is 2.31. The molecule has 0 heterocycles. The Morgan fingerprint density at radius 3 is 2.09 bits per heavy atom. The molecule has 122 valence electrons. The number of carbonyl (C=O) groups excluding carboxylic acids is 1. The molecule has 0 radical (unpaired) electrons. The molecule has 2 aromatic carbocycles. The van der Waals surface area contributed by atoms with E-state index >= 15 is 0 Å². The van der Waals surface area contributed by atoms with E-state index in [0.29, 0.717) is 12.1 Å². The summed E-state index contributed by atoms with van der Waals surface area (Å²) in [7, 11) is -0.444. The van der Waals surface area contributed by atoms with Crippen LogP contribution >= 0.6 is 0 Å². The Balaban J connectivity index is 2.02. The number of aryl methyl sites for hydroxylation is 1. The smallest absolute Gasteiger partial charge is 0.251 e. The summed E-state index contributed by atoms with van der Waals surface area (Å²) in [5.41, 5.74) is 2.53. The molecule has 5 nitrogen and oxygen atoms in total. The van der Waals surface area contributed by atoms with Gasteiger partial charge in [-0.2, -0.15) is 0 Å². The molecular weight excluding hydrogens is 312 g/mol. The zero-order chi connectivity index (χ0) is 17.0. The standard InChI is InChI=1S/C17H20N2O3S/c1-13-4-8-15(9-5-13)17(20)18-12-14-6-10-16(11-7-14)23(21,22)19(2)3/h4-11H,12H2,1-3H3,(H,18,20). The highest BCUT2D eigenvalue weighted by molar-refractivity contribution is 7.89. The van der Waals surface area contributed by atoms with Crippen molar-refractivity contribution in [2.24, 2.45) is 0 Å². The second-order valence-electron chi connectivity index (χ2n) is 5.48. The van der Waals surface area contributed by atoms with E-state index < -0.39 is 10.0 Å². The van der Waals surface area contributed by atoms with Crippen molar-refractivity contribution in [1.29, 1.82) is 0 Å². The zero-order valence-electron chi connectivity index (χ0n) is 13.4. The van der Waals surface area contributed by atoms with Gasteiger partial charge in [0.1, 0.15) is 0 Å². The van der Waals surface area contributed by atoms with Gasteiger partial charge in [-0.1, -0.05) is 29.8 Å². The largest absolute Gasteiger partial charge is 0.348 e. The third kappa shape index (κ3) is 4.18. The molecule has 0 bridgehead atoms. The summed E-state index contributed by atoms with van der Waals surface area (Å²) in [6, 6.07) is 13.8. The Morgan fingerprint density at radius 2 is 1.57 bits per heavy atom. The number of nitrogens with zero attached hydrogens (tertiary/aromatic N) is 1. The van der Waals surface area contributed by atoms with Crippen LogP contribution in [0.5, 0.6) is 0 Å². The Morgan fingerprint density at radius 1 is 1.00 bits per heavy atom. The monoisotopic (exact) mass is 332 g/mol. The van der Waals surface area contributed by atoms with Gasteiger partial charge in [-0.15, -0.1) is 0 Å². The van der Waals surface area contributed by atoms with Gasteiger partial charge in [0.25, 0.3) is 5.91 Å². The van der Waals surface area contributed by atoms with E-state index in [-0.39, 0.29) is 10.8 Å². The fourth-order valence-corrected chi connectivity index (χ4v) is 2.88. The average Bonchev–Trinajstić information content (AvgIpc) is 2.53. The topological polar surface area (TPSA) is 66.5 Å². The maximum Gasteiger partial charge on any atom is 0.251 e. The van der Waals surface area contributed by atoms with Gasteiger partial charge < -0.3 is 5.32 Å². The van der Waals surface area contributed by atoms with E-state index in [9.17, 15) is 13.2 Å². The Bertz CT molecular complexity index is 780. The molecule has 0 saturated carbocycles. The van der Waals surface area contributed by atoms with Crippen molar-refractivity contribution in [1.82, 2.24) is 9.62 Å². The van der Waals surface area contributed by atoms with Crippen LogP contribution in [0, 0.1) is 6.92 Å². The minimum absolute atomic E-state index is 0.157. The number of benzene rings is 2. The lowest BCUT2D eigenvalue weighted by Crippen LogP contribution is -2.23. The predicted octanol–water partition coefficient (Wildman–Crippen LogP) is 2.18. The number of sulfonamides is 1. The second-order valence-corrected chi connectivity index (χ2v) is 7.63. The molecule has 6 heteroatoms. The van der Waals surface area contributed by atoms with Crippen LogP contribution in [0.3, 0.4) is 0 Å². The number of nitrogens with one attached hydrogen (secondary N) is 1. The molecular formula is C17H20N2O3S. The number of amides is 1. The van der Waals surface area contributed by atoms with E-state index in [1.807, 2.05) is 19.1 Å². The van der Waals surface area contributed by atoms with Crippen LogP contribution in [0.1, 0.15) is 21.5 Å². The molecule has 0 aromatic heterocycles. The molecule has 0 aliphatic carbocycles. The molecule has 2 aromatic rings. The maximum atomic E-state index is 12.0. The van der Waals surface area contributed by atoms with Crippen molar-refractivity contribution >= 4 is 15.9 Å². The lowest BCUT2D eigenvalue weighted by molar-refractivity contribution is 0.0951. The van der Waals surface area contributed by atoms with E-state index in [0.717, 1.165) is 11.1 Å². The summed E-state index contributed by atoms with van der Waals surface area (Å²) in [5.74, 6) is -0.157. The molecule has 0 aliphatic rings. The minimum atomic E-state index is -3.43. The average molecular weight is 332 g/mol.